The van der Waals surface area contributed by atoms with Crippen molar-refractivity contribution in [2.45, 2.75) is 37.6 Å². The van der Waals surface area contributed by atoms with Crippen LogP contribution in [0.3, 0.4) is 0 Å². The second-order valence-electron chi connectivity index (χ2n) is 9.30. The third kappa shape index (κ3) is 6.30. The van der Waals surface area contributed by atoms with Gasteiger partial charge in [-0.15, -0.1) is 0 Å². The number of carbonyl (C=O) groups excluding carboxylic acids is 1. The molecule has 0 bridgehead atoms. The maximum Gasteiger partial charge on any atom is 0.469 e. The van der Waals surface area contributed by atoms with Crippen molar-refractivity contribution >= 4 is 13.7 Å². The Labute approximate surface area is 212 Å². The second-order valence-corrected chi connectivity index (χ2v) is 10.5. The molecule has 6 nitrogen and oxygen atoms in total. The Morgan fingerprint density at radius 3 is 2.24 bits per heavy atom. The second kappa shape index (κ2) is 10.8. The van der Waals surface area contributed by atoms with Gasteiger partial charge in [-0.1, -0.05) is 36.4 Å². The number of phosphoric ester groups is 1. The summed E-state index contributed by atoms with van der Waals surface area (Å²) in [4.78, 5) is 33.2. The zero-order valence-electron chi connectivity index (χ0n) is 20.1. The molecule has 1 aliphatic rings. The van der Waals surface area contributed by atoms with Gasteiger partial charge in [-0.3, -0.25) is 9.32 Å². The van der Waals surface area contributed by atoms with Gasteiger partial charge in [0.25, 0.3) is 0 Å². The molecule has 0 spiro atoms. The van der Waals surface area contributed by atoms with Crippen LogP contribution < -0.4 is 0 Å². The largest absolute Gasteiger partial charge is 0.469 e. The minimum absolute atomic E-state index is 0.0619. The molecule has 0 saturated carbocycles. The van der Waals surface area contributed by atoms with E-state index in [1.54, 1.807) is 41.3 Å². The van der Waals surface area contributed by atoms with Crippen molar-refractivity contribution in [1.29, 1.82) is 0 Å². The molecule has 1 aliphatic heterocycles. The van der Waals surface area contributed by atoms with Crippen LogP contribution in [0.25, 0.3) is 11.1 Å². The average molecular weight is 533 g/mol. The molecular weight excluding hydrogens is 506 g/mol. The summed E-state index contributed by atoms with van der Waals surface area (Å²) in [5, 5.41) is 0. The lowest BCUT2D eigenvalue weighted by Gasteiger charge is -2.44. The monoisotopic (exact) mass is 533 g/mol. The molecule has 0 radical (unpaired) electrons. The Kier molecular flexibility index (Phi) is 7.90. The third-order valence-corrected chi connectivity index (χ3v) is 7.56. The Morgan fingerprint density at radius 2 is 1.65 bits per heavy atom. The SMILES string of the molecule is C[C@H](c1ccc(-c2ccc(F)cc2F)cc1)N1CC[C@@](CCOP(=O)(O)O)(c2ccc(F)cc2)CC1=O. The van der Waals surface area contributed by atoms with E-state index < -0.39 is 30.7 Å². The van der Waals surface area contributed by atoms with Gasteiger partial charge >= 0.3 is 7.82 Å². The summed E-state index contributed by atoms with van der Waals surface area (Å²) >= 11 is 0. The molecule has 2 N–H and O–H groups in total. The van der Waals surface area contributed by atoms with Crippen LogP contribution in [0.5, 0.6) is 0 Å². The molecule has 1 amide bonds. The van der Waals surface area contributed by atoms with Gasteiger partial charge in [0.1, 0.15) is 17.5 Å². The smallest absolute Gasteiger partial charge is 0.336 e. The first-order valence-electron chi connectivity index (χ1n) is 11.8. The molecule has 0 unspecified atom stereocenters. The zero-order valence-corrected chi connectivity index (χ0v) is 21.0. The Hall–Kier alpha value is -2.97. The van der Waals surface area contributed by atoms with E-state index in [1.807, 2.05) is 6.92 Å². The molecule has 1 saturated heterocycles. The number of hydrogen-bond acceptors (Lipinski definition) is 3. The lowest BCUT2D eigenvalue weighted by Crippen LogP contribution is -2.47. The Bertz CT molecular complexity index is 1310. The van der Waals surface area contributed by atoms with Crippen molar-refractivity contribution in [3.8, 4) is 11.1 Å². The number of carbonyl (C=O) groups is 1. The number of likely N-dealkylation sites (tertiary alicyclic amines) is 1. The summed E-state index contributed by atoms with van der Waals surface area (Å²) in [6.07, 6.45) is 0.722. The van der Waals surface area contributed by atoms with E-state index in [9.17, 15) is 22.5 Å². The van der Waals surface area contributed by atoms with Crippen LogP contribution in [0, 0.1) is 17.5 Å². The van der Waals surface area contributed by atoms with Crippen LogP contribution in [0.1, 0.15) is 43.4 Å². The van der Waals surface area contributed by atoms with Crippen molar-refractivity contribution in [3.05, 3.63) is 95.3 Å². The average Bonchev–Trinajstić information content (AvgIpc) is 2.83. The van der Waals surface area contributed by atoms with Crippen LogP contribution in [0.2, 0.25) is 0 Å². The first kappa shape index (κ1) is 27.1. The highest BCUT2D eigenvalue weighted by molar-refractivity contribution is 7.46. The van der Waals surface area contributed by atoms with Crippen LogP contribution in [-0.2, 0) is 19.3 Å². The molecule has 3 aromatic carbocycles. The van der Waals surface area contributed by atoms with Gasteiger partial charge in [-0.25, -0.2) is 17.7 Å². The topological polar surface area (TPSA) is 87.1 Å². The van der Waals surface area contributed by atoms with E-state index in [1.165, 1.54) is 24.3 Å². The van der Waals surface area contributed by atoms with Crippen molar-refractivity contribution in [2.24, 2.45) is 0 Å². The van der Waals surface area contributed by atoms with Crippen molar-refractivity contribution < 1.29 is 36.8 Å². The Morgan fingerprint density at radius 1 is 1.00 bits per heavy atom. The van der Waals surface area contributed by atoms with Gasteiger partial charge in [-0.2, -0.15) is 0 Å². The normalized spacial score (nSPS) is 19.2. The van der Waals surface area contributed by atoms with E-state index in [4.69, 9.17) is 9.79 Å². The predicted molar refractivity (Wildman–Crippen MR) is 132 cm³/mol. The molecular formula is C27H27F3NO5P. The van der Waals surface area contributed by atoms with E-state index >= 15 is 0 Å². The van der Waals surface area contributed by atoms with Crippen LogP contribution >= 0.6 is 7.82 Å². The van der Waals surface area contributed by atoms with E-state index in [-0.39, 0.29) is 37.0 Å². The number of piperidine rings is 1. The highest BCUT2D eigenvalue weighted by atomic mass is 31.2. The van der Waals surface area contributed by atoms with E-state index in [0.29, 0.717) is 24.1 Å². The number of halogens is 3. The van der Waals surface area contributed by atoms with Crippen LogP contribution in [0.4, 0.5) is 13.2 Å². The van der Waals surface area contributed by atoms with E-state index in [2.05, 4.69) is 4.52 Å². The van der Waals surface area contributed by atoms with Crippen molar-refractivity contribution in [3.63, 3.8) is 0 Å². The fourth-order valence-electron chi connectivity index (χ4n) is 4.96. The molecule has 0 aromatic heterocycles. The van der Waals surface area contributed by atoms with Gasteiger partial charge in [0.2, 0.25) is 5.91 Å². The molecule has 4 rings (SSSR count). The number of amides is 1. The van der Waals surface area contributed by atoms with Crippen molar-refractivity contribution in [2.75, 3.05) is 13.2 Å². The van der Waals surface area contributed by atoms with Crippen LogP contribution in [0.15, 0.2) is 66.7 Å². The predicted octanol–water partition coefficient (Wildman–Crippen LogP) is 5.89. The summed E-state index contributed by atoms with van der Waals surface area (Å²) in [5.41, 5.74) is 1.63. The molecule has 3 aromatic rings. The molecule has 2 atom stereocenters. The third-order valence-electron chi connectivity index (χ3n) is 7.04. The number of benzene rings is 3. The van der Waals surface area contributed by atoms with Crippen molar-refractivity contribution in [1.82, 2.24) is 4.90 Å². The van der Waals surface area contributed by atoms with Gasteiger partial charge in [0.15, 0.2) is 0 Å². The maximum atomic E-state index is 14.2. The number of rotatable bonds is 8. The summed E-state index contributed by atoms with van der Waals surface area (Å²) in [6.45, 7) is 1.99. The number of nitrogens with zero attached hydrogens (tertiary/aromatic N) is 1. The molecule has 196 valence electrons. The summed E-state index contributed by atoms with van der Waals surface area (Å²) in [6, 6.07) is 15.9. The van der Waals surface area contributed by atoms with Gasteiger partial charge in [0, 0.05) is 30.0 Å². The standard InChI is InChI=1S/C27H27F3NO5P/c1-18(19-2-4-20(5-3-19)24-11-10-23(29)16-25(24)30)31-14-12-27(17-26(31)32,13-15-36-37(33,34)35)21-6-8-22(28)9-7-21/h2-11,16,18H,12-15,17H2,1H3,(H2,33,34,35)/t18-,27+/m1/s1. The zero-order chi connectivity index (χ0) is 26.8. The molecule has 1 heterocycles. The molecule has 37 heavy (non-hydrogen) atoms. The van der Waals surface area contributed by atoms with Gasteiger partial charge in [0.05, 0.1) is 12.6 Å². The molecule has 1 fully saturated rings. The molecule has 0 aliphatic carbocycles. The summed E-state index contributed by atoms with van der Waals surface area (Å²) in [7, 11) is -4.68. The maximum absolute atomic E-state index is 14.2. The minimum Gasteiger partial charge on any atom is -0.336 e. The summed E-state index contributed by atoms with van der Waals surface area (Å²) in [5.74, 6) is -1.90. The summed E-state index contributed by atoms with van der Waals surface area (Å²) < 4.78 is 56.8. The van der Waals surface area contributed by atoms with E-state index in [0.717, 1.165) is 11.6 Å². The fourth-order valence-corrected chi connectivity index (χ4v) is 5.29. The highest BCUT2D eigenvalue weighted by Gasteiger charge is 2.42. The first-order chi connectivity index (χ1) is 17.5. The number of phosphoric acid groups is 1. The van der Waals surface area contributed by atoms with Crippen LogP contribution in [-0.4, -0.2) is 33.7 Å². The highest BCUT2D eigenvalue weighted by Crippen LogP contribution is 2.43. The fraction of sp³-hybridized carbons (Fsp3) is 0.296. The van der Waals surface area contributed by atoms with Gasteiger partial charge < -0.3 is 14.7 Å². The number of hydrogen-bond donors (Lipinski definition) is 2. The lowest BCUT2D eigenvalue weighted by molar-refractivity contribution is -0.138. The Balaban J connectivity index is 1.52. The molecule has 10 heteroatoms. The quantitative estimate of drug-likeness (QED) is 0.353. The first-order valence-corrected chi connectivity index (χ1v) is 13.3. The minimum atomic E-state index is -4.68. The van der Waals surface area contributed by atoms with Gasteiger partial charge in [-0.05, 0) is 60.7 Å². The lowest BCUT2D eigenvalue weighted by atomic mass is 9.70.